The number of aryl methyl sites for hydroxylation is 1. The largest absolute Gasteiger partial charge is 0.530 e. The Labute approximate surface area is 141 Å². The maximum atomic E-state index is 9.65. The summed E-state index contributed by atoms with van der Waals surface area (Å²) in [6, 6.07) is 9.46. The van der Waals surface area contributed by atoms with Crippen LogP contribution in [0.4, 0.5) is 4.79 Å². The highest BCUT2D eigenvalue weighted by Crippen LogP contribution is 2.19. The van der Waals surface area contributed by atoms with Crippen LogP contribution in [0.25, 0.3) is 10.9 Å². The number of carbonyl (C=O) groups excluding carboxylic acids is 1. The number of fused-ring (bicyclic) bond motifs is 1. The summed E-state index contributed by atoms with van der Waals surface area (Å²) in [6.45, 7) is 2.51. The standard InChI is InChI=1S/C10H9NO.C5H11NO2.HI/c1-11-7-3-5-8-4-2-6-9(12)10(8)11;1-2-3-4-6-5(7)8;/h2-7H,1H3;6H,2-4H2,1H3,(H,7,8);1H. The average Bonchev–Trinajstić information content (AvgIpc) is 2.40. The van der Waals surface area contributed by atoms with Gasteiger partial charge < -0.3 is 20.3 Å². The molecule has 2 aromatic rings. The van der Waals surface area contributed by atoms with E-state index in [0.29, 0.717) is 12.3 Å². The van der Waals surface area contributed by atoms with E-state index in [9.17, 15) is 15.0 Å². The normalized spacial score (nSPS) is 9.24. The molecule has 0 aliphatic rings. The molecule has 0 aliphatic carbocycles. The van der Waals surface area contributed by atoms with E-state index < -0.39 is 6.09 Å². The third-order valence-electron chi connectivity index (χ3n) is 2.78. The molecule has 0 saturated heterocycles. The van der Waals surface area contributed by atoms with Crippen molar-refractivity contribution in [3.63, 3.8) is 0 Å². The first kappa shape index (κ1) is 19.4. The maximum Gasteiger partial charge on any atom is 0.254 e. The van der Waals surface area contributed by atoms with Gasteiger partial charge in [0.05, 0.1) is 5.39 Å². The molecule has 1 aromatic carbocycles. The Bertz CT molecular complexity index is 539. The van der Waals surface area contributed by atoms with Crippen molar-refractivity contribution in [1.29, 1.82) is 0 Å². The fourth-order valence-electron chi connectivity index (χ4n) is 1.79. The van der Waals surface area contributed by atoms with E-state index in [-0.39, 0.29) is 24.0 Å². The number of para-hydroxylation sites is 1. The summed E-state index contributed by atoms with van der Waals surface area (Å²) in [6.07, 6.45) is 2.62. The van der Waals surface area contributed by atoms with E-state index in [0.717, 1.165) is 23.7 Å². The molecule has 0 radical (unpaired) electrons. The van der Waals surface area contributed by atoms with Gasteiger partial charge in [-0.1, -0.05) is 19.4 Å². The van der Waals surface area contributed by atoms with Gasteiger partial charge in [0.2, 0.25) is 0 Å². The molecule has 21 heavy (non-hydrogen) atoms. The van der Waals surface area contributed by atoms with Crippen LogP contribution in [0.1, 0.15) is 19.8 Å². The lowest BCUT2D eigenvalue weighted by Gasteiger charge is -2.02. The molecule has 116 valence electrons. The Morgan fingerprint density at radius 1 is 1.33 bits per heavy atom. The Morgan fingerprint density at radius 3 is 2.57 bits per heavy atom. The molecule has 0 saturated carbocycles. The fraction of sp³-hybridized carbons (Fsp3) is 0.333. The van der Waals surface area contributed by atoms with E-state index in [4.69, 9.17) is 0 Å². The number of phenolic OH excluding ortho intramolecular Hbond substituents is 1. The highest BCUT2D eigenvalue weighted by Gasteiger charge is 2.07. The van der Waals surface area contributed by atoms with Crippen LogP contribution >= 0.6 is 24.0 Å². The molecule has 0 bridgehead atoms. The van der Waals surface area contributed by atoms with Crippen molar-refractivity contribution in [2.24, 2.45) is 7.05 Å². The third-order valence-corrected chi connectivity index (χ3v) is 2.78. The smallest absolute Gasteiger partial charge is 0.254 e. The molecule has 2 rings (SSSR count). The lowest BCUT2D eigenvalue weighted by atomic mass is 10.2. The van der Waals surface area contributed by atoms with Crippen molar-refractivity contribution in [3.8, 4) is 5.75 Å². The van der Waals surface area contributed by atoms with Crippen LogP contribution in [-0.4, -0.2) is 17.7 Å². The quantitative estimate of drug-likeness (QED) is 0.465. The summed E-state index contributed by atoms with van der Waals surface area (Å²) in [4.78, 5) is 9.65. The number of hydrogen-bond acceptors (Lipinski definition) is 3. The number of unbranched alkanes of at least 4 members (excludes halogenated alkanes) is 1. The molecular weight excluding hydrogens is 383 g/mol. The van der Waals surface area contributed by atoms with Crippen LogP contribution in [0.15, 0.2) is 36.5 Å². The summed E-state index contributed by atoms with van der Waals surface area (Å²) in [5.74, 6) is 0.329. The number of pyridine rings is 1. The number of phenols is 1. The topological polar surface area (TPSA) is 76.3 Å². The van der Waals surface area contributed by atoms with Gasteiger partial charge in [-0.15, -0.1) is 24.0 Å². The Morgan fingerprint density at radius 2 is 2.00 bits per heavy atom. The molecule has 1 heterocycles. The van der Waals surface area contributed by atoms with Gasteiger partial charge >= 0.3 is 0 Å². The second-order valence-corrected chi connectivity index (χ2v) is 4.40. The zero-order valence-corrected chi connectivity index (χ0v) is 14.5. The summed E-state index contributed by atoms with van der Waals surface area (Å²) in [7, 11) is 1.92. The first-order valence-corrected chi connectivity index (χ1v) is 6.57. The number of nitrogens with zero attached hydrogens (tertiary/aromatic N) is 1. The van der Waals surface area contributed by atoms with Crippen molar-refractivity contribution >= 4 is 41.0 Å². The Hall–Kier alpha value is -1.57. The number of aromatic nitrogens is 1. The lowest BCUT2D eigenvalue weighted by molar-refractivity contribution is -0.645. The monoisotopic (exact) mass is 404 g/mol. The minimum atomic E-state index is -1.18. The number of aromatic hydroxyl groups is 1. The molecule has 0 unspecified atom stereocenters. The SMILES string of the molecule is CCCCNC(=O)[O-].C[n+]1cccc2cccc(O)c21.I. The first-order valence-electron chi connectivity index (χ1n) is 6.57. The van der Waals surface area contributed by atoms with Crippen molar-refractivity contribution in [3.05, 3.63) is 36.5 Å². The molecule has 0 fully saturated rings. The summed E-state index contributed by atoms with van der Waals surface area (Å²) >= 11 is 0. The lowest BCUT2D eigenvalue weighted by Crippen LogP contribution is -2.36. The number of amides is 1. The van der Waals surface area contributed by atoms with Crippen LogP contribution in [-0.2, 0) is 7.05 Å². The van der Waals surface area contributed by atoms with E-state index in [1.54, 1.807) is 6.07 Å². The van der Waals surface area contributed by atoms with Crippen LogP contribution in [0.2, 0.25) is 0 Å². The van der Waals surface area contributed by atoms with Crippen LogP contribution in [0, 0.1) is 0 Å². The highest BCUT2D eigenvalue weighted by molar-refractivity contribution is 14.0. The zero-order chi connectivity index (χ0) is 15.0. The zero-order valence-electron chi connectivity index (χ0n) is 12.2. The molecule has 5 nitrogen and oxygen atoms in total. The Balaban J connectivity index is 0.000000397. The predicted octanol–water partition coefficient (Wildman–Crippen LogP) is 1.71. The maximum absolute atomic E-state index is 9.65. The second kappa shape index (κ2) is 10.2. The molecule has 6 heteroatoms. The van der Waals surface area contributed by atoms with E-state index >= 15 is 0 Å². The number of carbonyl (C=O) groups is 1. The van der Waals surface area contributed by atoms with Crippen LogP contribution in [0.5, 0.6) is 5.75 Å². The molecule has 1 aromatic heterocycles. The van der Waals surface area contributed by atoms with Gasteiger partial charge in [0.15, 0.2) is 11.9 Å². The van der Waals surface area contributed by atoms with Crippen molar-refractivity contribution in [1.82, 2.24) is 5.32 Å². The Kier molecular flexibility index (Phi) is 9.44. The minimum Gasteiger partial charge on any atom is -0.530 e. The average molecular weight is 404 g/mol. The van der Waals surface area contributed by atoms with Gasteiger partial charge in [-0.3, -0.25) is 0 Å². The molecular formula is C15H21IN2O3. The number of halogens is 1. The number of rotatable bonds is 3. The number of nitrogens with one attached hydrogen (secondary N) is 1. The predicted molar refractivity (Wildman–Crippen MR) is 90.5 cm³/mol. The minimum absolute atomic E-state index is 0. The third kappa shape index (κ3) is 6.61. The van der Waals surface area contributed by atoms with Crippen molar-refractivity contribution in [2.75, 3.05) is 6.54 Å². The molecule has 0 spiro atoms. The van der Waals surface area contributed by atoms with Gasteiger partial charge in [0.1, 0.15) is 13.1 Å². The van der Waals surface area contributed by atoms with Gasteiger partial charge in [-0.2, -0.15) is 4.57 Å². The summed E-state index contributed by atoms with van der Waals surface area (Å²) in [5.41, 5.74) is 0.875. The second-order valence-electron chi connectivity index (χ2n) is 4.40. The van der Waals surface area contributed by atoms with E-state index in [2.05, 4.69) is 5.32 Å². The van der Waals surface area contributed by atoms with E-state index in [1.807, 2.05) is 49.0 Å². The van der Waals surface area contributed by atoms with Gasteiger partial charge in [0, 0.05) is 12.6 Å². The molecule has 1 amide bonds. The summed E-state index contributed by atoms with van der Waals surface area (Å²) < 4.78 is 1.91. The van der Waals surface area contributed by atoms with E-state index in [1.165, 1.54) is 0 Å². The first-order chi connectivity index (χ1) is 9.56. The highest BCUT2D eigenvalue weighted by atomic mass is 127. The molecule has 0 atom stereocenters. The van der Waals surface area contributed by atoms with Gasteiger partial charge in [0.25, 0.3) is 5.52 Å². The fourth-order valence-corrected chi connectivity index (χ4v) is 1.79. The van der Waals surface area contributed by atoms with Gasteiger partial charge in [-0.25, -0.2) is 0 Å². The molecule has 2 N–H and O–H groups in total. The van der Waals surface area contributed by atoms with Crippen LogP contribution < -0.4 is 15.0 Å². The summed E-state index contributed by atoms with van der Waals surface area (Å²) in [5, 5.41) is 22.4. The van der Waals surface area contributed by atoms with Crippen molar-refractivity contribution in [2.45, 2.75) is 19.8 Å². The van der Waals surface area contributed by atoms with Gasteiger partial charge in [-0.05, 0) is 24.6 Å². The van der Waals surface area contributed by atoms with Crippen LogP contribution in [0.3, 0.4) is 0 Å². The number of benzene rings is 1. The molecule has 0 aliphatic heterocycles. The van der Waals surface area contributed by atoms with Crippen molar-refractivity contribution < 1.29 is 19.6 Å². The number of hydrogen-bond donors (Lipinski definition) is 2. The number of carboxylic acid groups (broad SMARTS) is 1.